The van der Waals surface area contributed by atoms with Gasteiger partial charge in [0.25, 0.3) is 5.91 Å². The second kappa shape index (κ2) is 7.39. The molecule has 0 spiro atoms. The maximum Gasteiger partial charge on any atom is 0.268 e. The van der Waals surface area contributed by atoms with Crippen molar-refractivity contribution in [3.8, 4) is 5.75 Å². The van der Waals surface area contributed by atoms with E-state index in [-0.39, 0.29) is 24.4 Å². The second-order valence-electron chi connectivity index (χ2n) is 6.23. The number of ether oxygens (including phenoxy) is 1. The van der Waals surface area contributed by atoms with Crippen molar-refractivity contribution in [3.05, 3.63) is 59.7 Å². The van der Waals surface area contributed by atoms with Gasteiger partial charge in [0.15, 0.2) is 6.10 Å². The summed E-state index contributed by atoms with van der Waals surface area (Å²) in [6, 6.07) is 14.2. The first-order valence-corrected chi connectivity index (χ1v) is 8.41. The van der Waals surface area contributed by atoms with Crippen LogP contribution in [0.3, 0.4) is 0 Å². The Kier molecular flexibility index (Phi) is 5.02. The van der Waals surface area contributed by atoms with Crippen molar-refractivity contribution in [2.75, 3.05) is 11.4 Å². The summed E-state index contributed by atoms with van der Waals surface area (Å²) in [5.74, 6) is -0.124. The molecule has 2 aromatic rings. The van der Waals surface area contributed by atoms with Gasteiger partial charge >= 0.3 is 0 Å². The van der Waals surface area contributed by atoms with Gasteiger partial charge in [0.2, 0.25) is 5.91 Å². The van der Waals surface area contributed by atoms with Gasteiger partial charge in [-0.1, -0.05) is 30.3 Å². The lowest BCUT2D eigenvalue weighted by molar-refractivity contribution is -0.128. The largest absolute Gasteiger partial charge is 0.479 e. The van der Waals surface area contributed by atoms with E-state index in [1.165, 1.54) is 4.90 Å². The fraction of sp³-hybridized carbons (Fsp3) is 0.250. The standard InChI is InChI=1S/C20H20N2O4/c1-13(16-6-4-3-5-7-16)21-19(24)11-22-17-10-15(12-23)8-9-18(17)26-14(2)20(22)25/h3-10,12-14H,11H2,1-2H3,(H,21,24). The number of rotatable bonds is 5. The van der Waals surface area contributed by atoms with Crippen molar-refractivity contribution in [1.82, 2.24) is 5.32 Å². The van der Waals surface area contributed by atoms with Crippen LogP contribution in [0.4, 0.5) is 5.69 Å². The summed E-state index contributed by atoms with van der Waals surface area (Å²) in [6.07, 6.45) is 0.00217. The highest BCUT2D eigenvalue weighted by Crippen LogP contribution is 2.34. The molecular formula is C20H20N2O4. The number of carbonyl (C=O) groups excluding carboxylic acids is 3. The van der Waals surface area contributed by atoms with Crippen LogP contribution < -0.4 is 15.0 Å². The van der Waals surface area contributed by atoms with Gasteiger partial charge in [-0.25, -0.2) is 0 Å². The molecule has 0 fully saturated rings. The van der Waals surface area contributed by atoms with E-state index < -0.39 is 6.10 Å². The molecule has 0 aliphatic carbocycles. The Morgan fingerprint density at radius 2 is 2.00 bits per heavy atom. The summed E-state index contributed by atoms with van der Waals surface area (Å²) in [5, 5.41) is 2.90. The molecule has 0 radical (unpaired) electrons. The molecule has 6 nitrogen and oxygen atoms in total. The lowest BCUT2D eigenvalue weighted by Crippen LogP contribution is -2.49. The highest BCUT2D eigenvalue weighted by Gasteiger charge is 2.33. The minimum atomic E-state index is -0.691. The van der Waals surface area contributed by atoms with Crippen LogP contribution >= 0.6 is 0 Å². The van der Waals surface area contributed by atoms with E-state index in [9.17, 15) is 14.4 Å². The number of aldehydes is 1. The van der Waals surface area contributed by atoms with Crippen LogP contribution in [0.5, 0.6) is 5.75 Å². The Balaban J connectivity index is 1.79. The van der Waals surface area contributed by atoms with E-state index in [1.807, 2.05) is 37.3 Å². The zero-order valence-electron chi connectivity index (χ0n) is 14.6. The highest BCUT2D eigenvalue weighted by molar-refractivity contribution is 6.04. The van der Waals surface area contributed by atoms with Crippen LogP contribution in [-0.4, -0.2) is 30.7 Å². The molecule has 26 heavy (non-hydrogen) atoms. The number of nitrogens with one attached hydrogen (secondary N) is 1. The first-order valence-electron chi connectivity index (χ1n) is 8.41. The zero-order valence-corrected chi connectivity index (χ0v) is 14.6. The monoisotopic (exact) mass is 352 g/mol. The summed E-state index contributed by atoms with van der Waals surface area (Å²) in [7, 11) is 0. The van der Waals surface area contributed by atoms with Gasteiger partial charge in [0, 0.05) is 5.56 Å². The molecule has 134 valence electrons. The number of anilines is 1. The van der Waals surface area contributed by atoms with Crippen molar-refractivity contribution < 1.29 is 19.1 Å². The number of nitrogens with zero attached hydrogens (tertiary/aromatic N) is 1. The third kappa shape index (κ3) is 3.59. The molecular weight excluding hydrogens is 332 g/mol. The predicted molar refractivity (Wildman–Crippen MR) is 97.3 cm³/mol. The minimum absolute atomic E-state index is 0.140. The number of hydrogen-bond acceptors (Lipinski definition) is 4. The van der Waals surface area contributed by atoms with Gasteiger partial charge < -0.3 is 10.1 Å². The molecule has 3 rings (SSSR count). The summed E-state index contributed by atoms with van der Waals surface area (Å²) in [5.41, 5.74) is 1.82. The van der Waals surface area contributed by atoms with Crippen LogP contribution in [0, 0.1) is 0 Å². The normalized spacial score (nSPS) is 17.1. The fourth-order valence-electron chi connectivity index (χ4n) is 2.92. The van der Waals surface area contributed by atoms with Gasteiger partial charge in [0.1, 0.15) is 18.6 Å². The molecule has 1 heterocycles. The zero-order chi connectivity index (χ0) is 18.7. The van der Waals surface area contributed by atoms with Gasteiger partial charge in [-0.3, -0.25) is 19.3 Å². The van der Waals surface area contributed by atoms with Gasteiger partial charge in [-0.2, -0.15) is 0 Å². The van der Waals surface area contributed by atoms with E-state index in [0.717, 1.165) is 5.56 Å². The quantitative estimate of drug-likeness (QED) is 0.839. The molecule has 1 aliphatic rings. The summed E-state index contributed by atoms with van der Waals surface area (Å²) in [4.78, 5) is 37.4. The van der Waals surface area contributed by atoms with E-state index in [0.29, 0.717) is 23.3 Å². The van der Waals surface area contributed by atoms with Crippen molar-refractivity contribution in [2.45, 2.75) is 26.0 Å². The Morgan fingerprint density at radius 3 is 2.69 bits per heavy atom. The number of benzene rings is 2. The first-order chi connectivity index (χ1) is 12.5. The predicted octanol–water partition coefficient (Wildman–Crippen LogP) is 2.49. The Morgan fingerprint density at radius 1 is 1.27 bits per heavy atom. The molecule has 1 N–H and O–H groups in total. The molecule has 2 amide bonds. The van der Waals surface area contributed by atoms with Crippen molar-refractivity contribution in [1.29, 1.82) is 0 Å². The average Bonchev–Trinajstić information content (AvgIpc) is 2.65. The lowest BCUT2D eigenvalue weighted by Gasteiger charge is -2.33. The smallest absolute Gasteiger partial charge is 0.268 e. The van der Waals surface area contributed by atoms with E-state index in [1.54, 1.807) is 25.1 Å². The third-order valence-electron chi connectivity index (χ3n) is 4.31. The van der Waals surface area contributed by atoms with Crippen LogP contribution in [-0.2, 0) is 9.59 Å². The van der Waals surface area contributed by atoms with Crippen molar-refractivity contribution in [2.24, 2.45) is 0 Å². The Labute approximate surface area is 151 Å². The SMILES string of the molecule is CC1Oc2ccc(C=O)cc2N(CC(=O)NC(C)c2ccccc2)C1=O. The fourth-order valence-corrected chi connectivity index (χ4v) is 2.92. The van der Waals surface area contributed by atoms with E-state index in [4.69, 9.17) is 4.74 Å². The maximum absolute atomic E-state index is 12.5. The number of fused-ring (bicyclic) bond motifs is 1. The van der Waals surface area contributed by atoms with Crippen LogP contribution in [0.1, 0.15) is 35.8 Å². The maximum atomic E-state index is 12.5. The highest BCUT2D eigenvalue weighted by atomic mass is 16.5. The molecule has 6 heteroatoms. The summed E-state index contributed by atoms with van der Waals surface area (Å²) in [6.45, 7) is 3.38. The Hall–Kier alpha value is -3.15. The molecule has 1 aliphatic heterocycles. The molecule has 2 unspecified atom stereocenters. The number of amides is 2. The molecule has 2 aromatic carbocycles. The molecule has 0 bridgehead atoms. The van der Waals surface area contributed by atoms with Gasteiger partial charge in [0.05, 0.1) is 11.7 Å². The van der Waals surface area contributed by atoms with E-state index in [2.05, 4.69) is 5.32 Å². The third-order valence-corrected chi connectivity index (χ3v) is 4.31. The summed E-state index contributed by atoms with van der Waals surface area (Å²) < 4.78 is 5.57. The molecule has 0 saturated carbocycles. The average molecular weight is 352 g/mol. The first kappa shape index (κ1) is 17.7. The van der Waals surface area contributed by atoms with Crippen molar-refractivity contribution in [3.63, 3.8) is 0 Å². The van der Waals surface area contributed by atoms with Crippen molar-refractivity contribution >= 4 is 23.8 Å². The lowest BCUT2D eigenvalue weighted by atomic mass is 10.1. The molecule has 0 saturated heterocycles. The van der Waals surface area contributed by atoms with Crippen LogP contribution in [0.25, 0.3) is 0 Å². The number of carbonyl (C=O) groups is 3. The van der Waals surface area contributed by atoms with Gasteiger partial charge in [-0.05, 0) is 37.6 Å². The summed E-state index contributed by atoms with van der Waals surface area (Å²) >= 11 is 0. The van der Waals surface area contributed by atoms with Crippen LogP contribution in [0.2, 0.25) is 0 Å². The van der Waals surface area contributed by atoms with Crippen LogP contribution in [0.15, 0.2) is 48.5 Å². The Bertz CT molecular complexity index is 835. The minimum Gasteiger partial charge on any atom is -0.479 e. The molecule has 0 aromatic heterocycles. The second-order valence-corrected chi connectivity index (χ2v) is 6.23. The van der Waals surface area contributed by atoms with Gasteiger partial charge in [-0.15, -0.1) is 0 Å². The number of hydrogen-bond donors (Lipinski definition) is 1. The molecule has 2 atom stereocenters. The van der Waals surface area contributed by atoms with E-state index >= 15 is 0 Å². The topological polar surface area (TPSA) is 75.7 Å².